The summed E-state index contributed by atoms with van der Waals surface area (Å²) in [5.74, 6) is -0.0936. The highest BCUT2D eigenvalue weighted by Gasteiger charge is 2.37. The zero-order valence-corrected chi connectivity index (χ0v) is 10.9. The number of carbonyl (C=O) groups is 2. The Morgan fingerprint density at radius 3 is 2.68 bits per heavy atom. The summed E-state index contributed by atoms with van der Waals surface area (Å²) in [4.78, 5) is 24.6. The summed E-state index contributed by atoms with van der Waals surface area (Å²) in [6.45, 7) is 3.01. The van der Waals surface area contributed by atoms with Crippen LogP contribution < -0.4 is 5.32 Å². The van der Waals surface area contributed by atoms with Gasteiger partial charge in [-0.05, 0) is 31.9 Å². The number of carbonyl (C=O) groups excluding carboxylic acids is 1. The Labute approximate surface area is 111 Å². The van der Waals surface area contributed by atoms with Crippen LogP contribution in [0.1, 0.15) is 25.5 Å². The summed E-state index contributed by atoms with van der Waals surface area (Å²) in [6, 6.07) is 3.38. The minimum absolute atomic E-state index is 0.177. The number of hydrogen-bond donors (Lipinski definition) is 2. The molecule has 0 aliphatic carbocycles. The molecule has 0 radical (unpaired) electrons. The molecule has 104 valence electrons. The third kappa shape index (κ3) is 3.07. The van der Waals surface area contributed by atoms with E-state index in [0.717, 1.165) is 0 Å². The maximum absolute atomic E-state index is 11.9. The SMILES string of the molecule is CC1(C(=O)O)CCN(C(=O)NCc2ccco2)CC1. The molecule has 1 fully saturated rings. The summed E-state index contributed by atoms with van der Waals surface area (Å²) >= 11 is 0. The van der Waals surface area contributed by atoms with Gasteiger partial charge in [0.2, 0.25) is 0 Å². The van der Waals surface area contributed by atoms with Gasteiger partial charge in [-0.2, -0.15) is 0 Å². The number of aliphatic carboxylic acids is 1. The highest BCUT2D eigenvalue weighted by molar-refractivity contribution is 5.76. The number of hydrogen-bond acceptors (Lipinski definition) is 3. The van der Waals surface area contributed by atoms with Crippen LogP contribution in [0.2, 0.25) is 0 Å². The van der Waals surface area contributed by atoms with Gasteiger partial charge in [-0.15, -0.1) is 0 Å². The van der Waals surface area contributed by atoms with E-state index >= 15 is 0 Å². The molecule has 6 nitrogen and oxygen atoms in total. The molecule has 1 aromatic heterocycles. The predicted molar refractivity (Wildman–Crippen MR) is 67.5 cm³/mol. The molecular formula is C13H18N2O4. The highest BCUT2D eigenvalue weighted by atomic mass is 16.4. The number of carboxylic acid groups (broad SMARTS) is 1. The summed E-state index contributed by atoms with van der Waals surface area (Å²) in [5, 5.41) is 11.9. The fraction of sp³-hybridized carbons (Fsp3) is 0.538. The molecule has 0 atom stereocenters. The molecule has 0 unspecified atom stereocenters. The minimum atomic E-state index is -0.789. The highest BCUT2D eigenvalue weighted by Crippen LogP contribution is 2.30. The van der Waals surface area contributed by atoms with Crippen LogP contribution in [0.25, 0.3) is 0 Å². The van der Waals surface area contributed by atoms with Crippen LogP contribution in [0.5, 0.6) is 0 Å². The van der Waals surface area contributed by atoms with Gasteiger partial charge in [-0.25, -0.2) is 4.79 Å². The molecule has 1 saturated heterocycles. The molecule has 2 heterocycles. The largest absolute Gasteiger partial charge is 0.481 e. The fourth-order valence-corrected chi connectivity index (χ4v) is 2.10. The average molecular weight is 266 g/mol. The summed E-state index contributed by atoms with van der Waals surface area (Å²) in [6.07, 6.45) is 2.52. The second-order valence-corrected chi connectivity index (χ2v) is 5.09. The van der Waals surface area contributed by atoms with E-state index in [4.69, 9.17) is 9.52 Å². The molecule has 0 spiro atoms. The van der Waals surface area contributed by atoms with Crippen LogP contribution >= 0.6 is 0 Å². The smallest absolute Gasteiger partial charge is 0.317 e. The van der Waals surface area contributed by atoms with E-state index < -0.39 is 11.4 Å². The zero-order valence-electron chi connectivity index (χ0n) is 10.9. The molecule has 1 aliphatic heterocycles. The molecular weight excluding hydrogens is 248 g/mol. The van der Waals surface area contributed by atoms with Crippen molar-refractivity contribution in [1.29, 1.82) is 0 Å². The van der Waals surface area contributed by atoms with Crippen LogP contribution in [-0.4, -0.2) is 35.1 Å². The van der Waals surface area contributed by atoms with Gasteiger partial charge in [0.1, 0.15) is 5.76 Å². The van der Waals surface area contributed by atoms with Crippen LogP contribution in [-0.2, 0) is 11.3 Å². The van der Waals surface area contributed by atoms with Gasteiger partial charge < -0.3 is 19.7 Å². The monoisotopic (exact) mass is 266 g/mol. The molecule has 2 amide bonds. The van der Waals surface area contributed by atoms with Gasteiger partial charge >= 0.3 is 12.0 Å². The molecule has 19 heavy (non-hydrogen) atoms. The summed E-state index contributed by atoms with van der Waals surface area (Å²) in [5.41, 5.74) is -0.711. The van der Waals surface area contributed by atoms with Gasteiger partial charge in [-0.1, -0.05) is 0 Å². The van der Waals surface area contributed by atoms with Crippen molar-refractivity contribution in [3.05, 3.63) is 24.2 Å². The van der Waals surface area contributed by atoms with Crippen LogP contribution in [0.15, 0.2) is 22.8 Å². The van der Waals surface area contributed by atoms with Crippen molar-refractivity contribution >= 4 is 12.0 Å². The molecule has 0 bridgehead atoms. The number of amides is 2. The second-order valence-electron chi connectivity index (χ2n) is 5.09. The number of rotatable bonds is 3. The van der Waals surface area contributed by atoms with Crippen molar-refractivity contribution < 1.29 is 19.1 Å². The molecule has 1 aromatic rings. The lowest BCUT2D eigenvalue weighted by molar-refractivity contribution is -0.150. The first-order valence-electron chi connectivity index (χ1n) is 6.30. The topological polar surface area (TPSA) is 82.8 Å². The lowest BCUT2D eigenvalue weighted by Gasteiger charge is -2.36. The molecule has 2 rings (SSSR count). The standard InChI is InChI=1S/C13H18N2O4/c1-13(11(16)17)4-6-15(7-5-13)12(18)14-9-10-3-2-8-19-10/h2-3,8H,4-7,9H2,1H3,(H,14,18)(H,16,17). The third-order valence-electron chi connectivity index (χ3n) is 3.66. The lowest BCUT2D eigenvalue weighted by atomic mass is 9.80. The van der Waals surface area contributed by atoms with Crippen LogP contribution in [0.4, 0.5) is 4.79 Å². The number of carboxylic acids is 1. The maximum Gasteiger partial charge on any atom is 0.317 e. The van der Waals surface area contributed by atoms with Gasteiger partial charge in [0.25, 0.3) is 0 Å². The van der Waals surface area contributed by atoms with E-state index in [2.05, 4.69) is 5.32 Å². The van der Waals surface area contributed by atoms with Gasteiger partial charge in [-0.3, -0.25) is 4.79 Å². The minimum Gasteiger partial charge on any atom is -0.481 e. The average Bonchev–Trinajstić information content (AvgIpc) is 2.90. The number of furan rings is 1. The third-order valence-corrected chi connectivity index (χ3v) is 3.66. The Kier molecular flexibility index (Phi) is 3.78. The Morgan fingerprint density at radius 1 is 1.47 bits per heavy atom. The van der Waals surface area contributed by atoms with Crippen LogP contribution in [0, 0.1) is 5.41 Å². The van der Waals surface area contributed by atoms with Crippen molar-refractivity contribution in [3.8, 4) is 0 Å². The van der Waals surface area contributed by atoms with Crippen molar-refractivity contribution in [2.75, 3.05) is 13.1 Å². The zero-order chi connectivity index (χ0) is 13.9. The Bertz CT molecular complexity index is 447. The molecule has 1 aliphatic rings. The van der Waals surface area contributed by atoms with Crippen molar-refractivity contribution in [2.45, 2.75) is 26.3 Å². The summed E-state index contributed by atoms with van der Waals surface area (Å²) in [7, 11) is 0. The normalized spacial score (nSPS) is 18.1. The van der Waals surface area contributed by atoms with Crippen LogP contribution in [0.3, 0.4) is 0 Å². The number of nitrogens with zero attached hydrogens (tertiary/aromatic N) is 1. The number of nitrogens with one attached hydrogen (secondary N) is 1. The van der Waals surface area contributed by atoms with E-state index in [1.807, 2.05) is 0 Å². The molecule has 6 heteroatoms. The van der Waals surface area contributed by atoms with E-state index in [1.54, 1.807) is 30.2 Å². The number of urea groups is 1. The van der Waals surface area contributed by atoms with E-state index in [-0.39, 0.29) is 6.03 Å². The molecule has 2 N–H and O–H groups in total. The van der Waals surface area contributed by atoms with E-state index in [9.17, 15) is 9.59 Å². The second kappa shape index (κ2) is 5.34. The number of likely N-dealkylation sites (tertiary alicyclic amines) is 1. The lowest BCUT2D eigenvalue weighted by Crippen LogP contribution is -2.48. The van der Waals surface area contributed by atoms with Crippen molar-refractivity contribution in [2.24, 2.45) is 5.41 Å². The quantitative estimate of drug-likeness (QED) is 0.871. The maximum atomic E-state index is 11.9. The van der Waals surface area contributed by atoms with Gasteiger partial charge in [0.05, 0.1) is 18.2 Å². The molecule has 0 aromatic carbocycles. The predicted octanol–water partition coefficient (Wildman–Crippen LogP) is 1.68. The Hall–Kier alpha value is -1.98. The van der Waals surface area contributed by atoms with Crippen molar-refractivity contribution in [1.82, 2.24) is 10.2 Å². The molecule has 0 saturated carbocycles. The Balaban J connectivity index is 1.81. The first kappa shape index (κ1) is 13.5. The van der Waals surface area contributed by atoms with E-state index in [0.29, 0.717) is 38.2 Å². The van der Waals surface area contributed by atoms with E-state index in [1.165, 1.54) is 0 Å². The first-order chi connectivity index (χ1) is 9.01. The first-order valence-corrected chi connectivity index (χ1v) is 6.30. The number of piperidine rings is 1. The van der Waals surface area contributed by atoms with Gasteiger partial charge in [0.15, 0.2) is 0 Å². The van der Waals surface area contributed by atoms with Gasteiger partial charge in [0, 0.05) is 13.1 Å². The fourth-order valence-electron chi connectivity index (χ4n) is 2.10. The Morgan fingerprint density at radius 2 is 2.16 bits per heavy atom. The van der Waals surface area contributed by atoms with Crippen molar-refractivity contribution in [3.63, 3.8) is 0 Å². The summed E-state index contributed by atoms with van der Waals surface area (Å²) < 4.78 is 5.12.